The van der Waals surface area contributed by atoms with E-state index < -0.39 is 0 Å². The third-order valence-corrected chi connectivity index (χ3v) is 4.49. The standard InChI is InChI=1S/C14H15NO2S/c16-14(12-3-1-9-17-12)15-7-5-11(6-8-15)13-4-2-10-18-13/h1-4,9-11H,5-8H2. The molecule has 1 aliphatic heterocycles. The smallest absolute Gasteiger partial charge is 0.289 e. The van der Waals surface area contributed by atoms with Gasteiger partial charge in [-0.15, -0.1) is 11.3 Å². The minimum atomic E-state index is 0.0182. The predicted octanol–water partition coefficient (Wildman–Crippen LogP) is 3.36. The van der Waals surface area contributed by atoms with Gasteiger partial charge >= 0.3 is 0 Å². The number of likely N-dealkylation sites (tertiary alicyclic amines) is 1. The zero-order valence-corrected chi connectivity index (χ0v) is 10.9. The van der Waals surface area contributed by atoms with Crippen LogP contribution in [0.25, 0.3) is 0 Å². The van der Waals surface area contributed by atoms with Crippen LogP contribution in [0.4, 0.5) is 0 Å². The molecule has 4 heteroatoms. The molecule has 1 aliphatic rings. The van der Waals surface area contributed by atoms with Gasteiger partial charge in [-0.05, 0) is 42.3 Å². The summed E-state index contributed by atoms with van der Waals surface area (Å²) in [4.78, 5) is 15.4. The van der Waals surface area contributed by atoms with E-state index >= 15 is 0 Å². The number of thiophene rings is 1. The monoisotopic (exact) mass is 261 g/mol. The number of carbonyl (C=O) groups is 1. The van der Waals surface area contributed by atoms with Gasteiger partial charge in [0.15, 0.2) is 5.76 Å². The fourth-order valence-electron chi connectivity index (χ4n) is 2.45. The van der Waals surface area contributed by atoms with E-state index in [-0.39, 0.29) is 5.91 Å². The Morgan fingerprint density at radius 2 is 2.11 bits per heavy atom. The Labute approximate surface area is 110 Å². The molecule has 1 fully saturated rings. The second-order valence-electron chi connectivity index (χ2n) is 4.56. The molecule has 0 spiro atoms. The molecule has 1 saturated heterocycles. The Morgan fingerprint density at radius 3 is 2.72 bits per heavy atom. The summed E-state index contributed by atoms with van der Waals surface area (Å²) >= 11 is 1.81. The lowest BCUT2D eigenvalue weighted by atomic mass is 9.95. The zero-order chi connectivity index (χ0) is 12.4. The van der Waals surface area contributed by atoms with Crippen LogP contribution in [0.1, 0.15) is 34.2 Å². The van der Waals surface area contributed by atoms with E-state index in [1.807, 2.05) is 16.2 Å². The number of nitrogens with zero attached hydrogens (tertiary/aromatic N) is 1. The minimum Gasteiger partial charge on any atom is -0.459 e. The van der Waals surface area contributed by atoms with Gasteiger partial charge in [0.1, 0.15) is 0 Å². The van der Waals surface area contributed by atoms with Gasteiger partial charge in [-0.1, -0.05) is 6.07 Å². The van der Waals surface area contributed by atoms with Crippen LogP contribution >= 0.6 is 11.3 Å². The molecule has 2 aromatic heterocycles. The van der Waals surface area contributed by atoms with Crippen LogP contribution in [0.2, 0.25) is 0 Å². The highest BCUT2D eigenvalue weighted by Crippen LogP contribution is 2.31. The maximum absolute atomic E-state index is 12.1. The second-order valence-corrected chi connectivity index (χ2v) is 5.54. The van der Waals surface area contributed by atoms with Crippen LogP contribution in [0, 0.1) is 0 Å². The van der Waals surface area contributed by atoms with Crippen LogP contribution in [0.5, 0.6) is 0 Å². The molecule has 0 unspecified atom stereocenters. The summed E-state index contributed by atoms with van der Waals surface area (Å²) in [7, 11) is 0. The predicted molar refractivity (Wildman–Crippen MR) is 70.9 cm³/mol. The third kappa shape index (κ3) is 2.20. The van der Waals surface area contributed by atoms with Gasteiger partial charge in [-0.3, -0.25) is 4.79 Å². The zero-order valence-electron chi connectivity index (χ0n) is 10.0. The maximum Gasteiger partial charge on any atom is 0.289 e. The van der Waals surface area contributed by atoms with Crippen LogP contribution < -0.4 is 0 Å². The average Bonchev–Trinajstić information content (AvgIpc) is 3.11. The Bertz CT molecular complexity index is 496. The first-order valence-electron chi connectivity index (χ1n) is 6.21. The van der Waals surface area contributed by atoms with E-state index in [1.165, 1.54) is 4.88 Å². The number of piperidine rings is 1. The van der Waals surface area contributed by atoms with Crippen molar-refractivity contribution in [1.82, 2.24) is 4.90 Å². The molecule has 3 heterocycles. The molecule has 0 atom stereocenters. The van der Waals surface area contributed by atoms with Gasteiger partial charge in [0.05, 0.1) is 6.26 Å². The Hall–Kier alpha value is -1.55. The van der Waals surface area contributed by atoms with Crippen molar-refractivity contribution in [1.29, 1.82) is 0 Å². The van der Waals surface area contributed by atoms with Crippen molar-refractivity contribution in [2.75, 3.05) is 13.1 Å². The summed E-state index contributed by atoms with van der Waals surface area (Å²) in [5.74, 6) is 1.08. The average molecular weight is 261 g/mol. The van der Waals surface area contributed by atoms with Crippen LogP contribution in [-0.4, -0.2) is 23.9 Å². The minimum absolute atomic E-state index is 0.0182. The lowest BCUT2D eigenvalue weighted by molar-refractivity contribution is 0.0681. The van der Waals surface area contributed by atoms with Crippen molar-refractivity contribution in [2.45, 2.75) is 18.8 Å². The fraction of sp³-hybridized carbons (Fsp3) is 0.357. The first-order valence-corrected chi connectivity index (χ1v) is 7.09. The number of hydrogen-bond donors (Lipinski definition) is 0. The van der Waals surface area contributed by atoms with E-state index in [0.717, 1.165) is 25.9 Å². The molecule has 1 amide bonds. The molecule has 0 saturated carbocycles. The third-order valence-electron chi connectivity index (χ3n) is 3.46. The van der Waals surface area contributed by atoms with Crippen molar-refractivity contribution in [2.24, 2.45) is 0 Å². The molecule has 0 aliphatic carbocycles. The topological polar surface area (TPSA) is 33.5 Å². The van der Waals surface area contributed by atoms with Gasteiger partial charge in [-0.25, -0.2) is 0 Å². The molecule has 0 bridgehead atoms. The first-order chi connectivity index (χ1) is 8.84. The van der Waals surface area contributed by atoms with Crippen LogP contribution in [-0.2, 0) is 0 Å². The molecule has 0 aromatic carbocycles. The maximum atomic E-state index is 12.1. The van der Waals surface area contributed by atoms with Gasteiger partial charge in [0.2, 0.25) is 0 Å². The van der Waals surface area contributed by atoms with E-state index in [4.69, 9.17) is 4.42 Å². The highest BCUT2D eigenvalue weighted by molar-refractivity contribution is 7.10. The molecule has 94 valence electrons. The molecule has 3 nitrogen and oxygen atoms in total. The van der Waals surface area contributed by atoms with E-state index in [2.05, 4.69) is 17.5 Å². The van der Waals surface area contributed by atoms with E-state index in [1.54, 1.807) is 18.4 Å². The van der Waals surface area contributed by atoms with Gasteiger partial charge in [-0.2, -0.15) is 0 Å². The van der Waals surface area contributed by atoms with Gasteiger partial charge in [0.25, 0.3) is 5.91 Å². The lowest BCUT2D eigenvalue weighted by Gasteiger charge is -2.31. The van der Waals surface area contributed by atoms with Crippen molar-refractivity contribution >= 4 is 17.2 Å². The van der Waals surface area contributed by atoms with Crippen LogP contribution in [0.3, 0.4) is 0 Å². The number of rotatable bonds is 2. The molecule has 0 N–H and O–H groups in total. The Morgan fingerprint density at radius 1 is 1.28 bits per heavy atom. The summed E-state index contributed by atoms with van der Waals surface area (Å²) in [6.07, 6.45) is 3.64. The highest BCUT2D eigenvalue weighted by Gasteiger charge is 2.25. The van der Waals surface area contributed by atoms with E-state index in [9.17, 15) is 4.79 Å². The Balaban J connectivity index is 1.62. The van der Waals surface area contributed by atoms with Crippen LogP contribution in [0.15, 0.2) is 40.3 Å². The lowest BCUT2D eigenvalue weighted by Crippen LogP contribution is -2.37. The van der Waals surface area contributed by atoms with Crippen molar-refractivity contribution < 1.29 is 9.21 Å². The summed E-state index contributed by atoms with van der Waals surface area (Å²) in [6.45, 7) is 1.64. The molecular formula is C14H15NO2S. The second kappa shape index (κ2) is 4.98. The van der Waals surface area contributed by atoms with Crippen molar-refractivity contribution in [3.8, 4) is 0 Å². The molecular weight excluding hydrogens is 246 g/mol. The summed E-state index contributed by atoms with van der Waals surface area (Å²) in [5.41, 5.74) is 0. The SMILES string of the molecule is O=C(c1ccco1)N1CCC(c2cccs2)CC1. The quantitative estimate of drug-likeness (QED) is 0.830. The van der Waals surface area contributed by atoms with Gasteiger partial charge < -0.3 is 9.32 Å². The molecule has 2 aromatic rings. The molecule has 3 rings (SSSR count). The van der Waals surface area contributed by atoms with Crippen molar-refractivity contribution in [3.05, 3.63) is 46.5 Å². The summed E-state index contributed by atoms with van der Waals surface area (Å²) in [5, 5.41) is 2.12. The number of carbonyl (C=O) groups excluding carboxylic acids is 1. The number of hydrogen-bond acceptors (Lipinski definition) is 3. The first kappa shape index (κ1) is 11.5. The Kier molecular flexibility index (Phi) is 3.19. The number of amides is 1. The van der Waals surface area contributed by atoms with Crippen molar-refractivity contribution in [3.63, 3.8) is 0 Å². The highest BCUT2D eigenvalue weighted by atomic mass is 32.1. The largest absolute Gasteiger partial charge is 0.459 e. The fourth-order valence-corrected chi connectivity index (χ4v) is 3.35. The van der Waals surface area contributed by atoms with E-state index in [0.29, 0.717) is 11.7 Å². The van der Waals surface area contributed by atoms with Gasteiger partial charge in [0, 0.05) is 18.0 Å². The summed E-state index contributed by atoms with van der Waals surface area (Å²) in [6, 6.07) is 7.78. The normalized spacial score (nSPS) is 17.0. The molecule has 0 radical (unpaired) electrons. The number of furan rings is 1. The molecule has 18 heavy (non-hydrogen) atoms. The summed E-state index contributed by atoms with van der Waals surface area (Å²) < 4.78 is 5.16.